The molecular formula is C11H10N6O3. The maximum atomic E-state index is 12.2. The van der Waals surface area contributed by atoms with Gasteiger partial charge in [0.2, 0.25) is 0 Å². The lowest BCUT2D eigenvalue weighted by molar-refractivity contribution is 0.0877. The van der Waals surface area contributed by atoms with E-state index in [1.165, 1.54) is 18.3 Å². The molecule has 20 heavy (non-hydrogen) atoms. The lowest BCUT2D eigenvalue weighted by atomic mass is 10.3. The standard InChI is InChI=1S/C11H10N6O3/c12-6-1-2-8-7(3-6)17(11(19)20-8)10(18)5-16-14-4-9(13)15-16/h1-4H,5,12H2,(H2,13,15). The van der Waals surface area contributed by atoms with Crippen LogP contribution in [0, 0.1) is 0 Å². The molecule has 9 heteroatoms. The number of carbonyl (C=O) groups excluding carboxylic acids is 1. The Morgan fingerprint density at radius 3 is 2.85 bits per heavy atom. The molecular weight excluding hydrogens is 264 g/mol. The molecule has 0 aliphatic heterocycles. The van der Waals surface area contributed by atoms with Crippen molar-refractivity contribution in [3.05, 3.63) is 34.9 Å². The van der Waals surface area contributed by atoms with Crippen LogP contribution < -0.4 is 17.2 Å². The molecule has 3 aromatic rings. The molecule has 0 aliphatic carbocycles. The van der Waals surface area contributed by atoms with E-state index >= 15 is 0 Å². The first kappa shape index (κ1) is 12.0. The van der Waals surface area contributed by atoms with E-state index in [9.17, 15) is 9.59 Å². The highest BCUT2D eigenvalue weighted by molar-refractivity contribution is 5.90. The van der Waals surface area contributed by atoms with Crippen LogP contribution in [0.25, 0.3) is 11.1 Å². The maximum Gasteiger partial charge on any atom is 0.426 e. The number of fused-ring (bicyclic) bond motifs is 1. The van der Waals surface area contributed by atoms with Crippen LogP contribution in [-0.4, -0.2) is 25.5 Å². The van der Waals surface area contributed by atoms with Crippen molar-refractivity contribution in [2.75, 3.05) is 11.5 Å². The fourth-order valence-corrected chi connectivity index (χ4v) is 1.85. The number of hydrogen-bond donors (Lipinski definition) is 2. The summed E-state index contributed by atoms with van der Waals surface area (Å²) in [6, 6.07) is 4.60. The van der Waals surface area contributed by atoms with Crippen molar-refractivity contribution in [3.8, 4) is 0 Å². The zero-order valence-corrected chi connectivity index (χ0v) is 10.2. The van der Waals surface area contributed by atoms with Crippen LogP contribution in [0.15, 0.2) is 33.6 Å². The second-order valence-corrected chi connectivity index (χ2v) is 4.12. The van der Waals surface area contributed by atoms with Gasteiger partial charge in [-0.15, -0.1) is 5.10 Å². The van der Waals surface area contributed by atoms with Crippen LogP contribution in [0.1, 0.15) is 4.79 Å². The Morgan fingerprint density at radius 2 is 2.15 bits per heavy atom. The zero-order valence-electron chi connectivity index (χ0n) is 10.2. The molecule has 9 nitrogen and oxygen atoms in total. The van der Waals surface area contributed by atoms with Gasteiger partial charge in [-0.1, -0.05) is 0 Å². The van der Waals surface area contributed by atoms with Gasteiger partial charge in [0.15, 0.2) is 11.4 Å². The van der Waals surface area contributed by atoms with E-state index in [2.05, 4.69) is 10.2 Å². The summed E-state index contributed by atoms with van der Waals surface area (Å²) in [5.41, 5.74) is 12.1. The largest absolute Gasteiger partial charge is 0.426 e. The molecule has 0 unspecified atom stereocenters. The summed E-state index contributed by atoms with van der Waals surface area (Å²) in [7, 11) is 0. The number of nitrogens with zero attached hydrogens (tertiary/aromatic N) is 4. The Morgan fingerprint density at radius 1 is 1.35 bits per heavy atom. The van der Waals surface area contributed by atoms with E-state index < -0.39 is 11.7 Å². The van der Waals surface area contributed by atoms with Crippen LogP contribution in [0.4, 0.5) is 11.5 Å². The van der Waals surface area contributed by atoms with Crippen molar-refractivity contribution >= 4 is 28.5 Å². The van der Waals surface area contributed by atoms with Crippen molar-refractivity contribution in [1.29, 1.82) is 0 Å². The highest BCUT2D eigenvalue weighted by atomic mass is 16.4. The van der Waals surface area contributed by atoms with Gasteiger partial charge in [-0.3, -0.25) is 4.79 Å². The Kier molecular flexibility index (Phi) is 2.53. The van der Waals surface area contributed by atoms with Gasteiger partial charge in [0, 0.05) is 5.69 Å². The number of carbonyl (C=O) groups is 1. The van der Waals surface area contributed by atoms with Crippen molar-refractivity contribution in [2.45, 2.75) is 6.54 Å². The summed E-state index contributed by atoms with van der Waals surface area (Å²) < 4.78 is 5.87. The lowest BCUT2D eigenvalue weighted by Gasteiger charge is -2.01. The Balaban J connectivity index is 2.05. The topological polar surface area (TPSA) is 135 Å². The van der Waals surface area contributed by atoms with Gasteiger partial charge in [0.05, 0.1) is 6.20 Å². The van der Waals surface area contributed by atoms with Gasteiger partial charge in [-0.25, -0.2) is 9.36 Å². The van der Waals surface area contributed by atoms with E-state index in [1.807, 2.05) is 0 Å². The third-order valence-electron chi connectivity index (χ3n) is 2.68. The normalized spacial score (nSPS) is 11.0. The highest BCUT2D eigenvalue weighted by Crippen LogP contribution is 2.16. The van der Waals surface area contributed by atoms with Crippen LogP contribution >= 0.6 is 0 Å². The maximum absolute atomic E-state index is 12.2. The van der Waals surface area contributed by atoms with Crippen molar-refractivity contribution in [1.82, 2.24) is 19.6 Å². The number of hydrogen-bond acceptors (Lipinski definition) is 7. The van der Waals surface area contributed by atoms with Crippen LogP contribution in [-0.2, 0) is 6.54 Å². The SMILES string of the molecule is Nc1ccc2oc(=O)n(C(=O)Cn3ncc(N)n3)c2c1. The molecule has 3 rings (SSSR count). The zero-order chi connectivity index (χ0) is 14.3. The minimum absolute atomic E-state index is 0.187. The molecule has 0 saturated heterocycles. The van der Waals surface area contributed by atoms with Gasteiger partial charge < -0.3 is 15.9 Å². The number of anilines is 2. The summed E-state index contributed by atoms with van der Waals surface area (Å²) in [6.45, 7) is -0.236. The average Bonchev–Trinajstić information content (AvgIpc) is 2.91. The monoisotopic (exact) mass is 274 g/mol. The summed E-state index contributed by atoms with van der Waals surface area (Å²) >= 11 is 0. The average molecular weight is 274 g/mol. The van der Waals surface area contributed by atoms with Crippen LogP contribution in [0.2, 0.25) is 0 Å². The smallest absolute Gasteiger partial charge is 0.407 e. The molecule has 0 radical (unpaired) electrons. The first-order valence-electron chi connectivity index (χ1n) is 5.64. The van der Waals surface area contributed by atoms with E-state index in [4.69, 9.17) is 15.9 Å². The van der Waals surface area contributed by atoms with Crippen molar-refractivity contribution < 1.29 is 9.21 Å². The molecule has 0 atom stereocenters. The quantitative estimate of drug-likeness (QED) is 0.612. The van der Waals surface area contributed by atoms with E-state index in [1.54, 1.807) is 6.07 Å². The fourth-order valence-electron chi connectivity index (χ4n) is 1.85. The highest BCUT2D eigenvalue weighted by Gasteiger charge is 2.17. The molecule has 0 bridgehead atoms. The third-order valence-corrected chi connectivity index (χ3v) is 2.68. The predicted octanol–water partition coefficient (Wildman–Crippen LogP) is -0.309. The molecule has 102 valence electrons. The minimum atomic E-state index is -0.782. The Labute approximate surface area is 111 Å². The molecule has 0 aliphatic rings. The third kappa shape index (κ3) is 1.90. The fraction of sp³-hybridized carbons (Fsp3) is 0.0909. The predicted molar refractivity (Wildman–Crippen MR) is 69.9 cm³/mol. The van der Waals surface area contributed by atoms with Gasteiger partial charge in [0.1, 0.15) is 12.1 Å². The molecule has 0 amide bonds. The number of oxazole rings is 1. The minimum Gasteiger partial charge on any atom is -0.407 e. The van der Waals surface area contributed by atoms with E-state index in [-0.39, 0.29) is 17.9 Å². The van der Waals surface area contributed by atoms with Crippen molar-refractivity contribution in [2.24, 2.45) is 0 Å². The number of nitrogens with two attached hydrogens (primary N) is 2. The number of aromatic nitrogens is 4. The molecule has 2 heterocycles. The first-order chi connectivity index (χ1) is 9.54. The first-order valence-corrected chi connectivity index (χ1v) is 5.64. The molecule has 2 aromatic heterocycles. The van der Waals surface area contributed by atoms with Gasteiger partial charge in [0.25, 0.3) is 5.91 Å². The van der Waals surface area contributed by atoms with E-state index in [0.29, 0.717) is 11.2 Å². The Bertz CT molecular complexity index is 859. The summed E-state index contributed by atoms with van der Waals surface area (Å²) in [6.07, 6.45) is 1.31. The van der Waals surface area contributed by atoms with Gasteiger partial charge in [-0.2, -0.15) is 9.90 Å². The van der Waals surface area contributed by atoms with Crippen LogP contribution in [0.5, 0.6) is 0 Å². The summed E-state index contributed by atoms with van der Waals surface area (Å²) in [5.74, 6) is -1.14. The number of benzene rings is 1. The second-order valence-electron chi connectivity index (χ2n) is 4.12. The number of nitrogen functional groups attached to an aromatic ring is 2. The second kappa shape index (κ2) is 4.23. The van der Waals surface area contributed by atoms with Gasteiger partial charge in [-0.05, 0) is 18.2 Å². The molecule has 0 saturated carbocycles. The van der Waals surface area contributed by atoms with Crippen LogP contribution in [0.3, 0.4) is 0 Å². The van der Waals surface area contributed by atoms with E-state index in [0.717, 1.165) is 9.36 Å². The molecule has 0 spiro atoms. The summed E-state index contributed by atoms with van der Waals surface area (Å²) in [4.78, 5) is 25.0. The lowest BCUT2D eigenvalue weighted by Crippen LogP contribution is -2.27. The van der Waals surface area contributed by atoms with Crippen molar-refractivity contribution in [3.63, 3.8) is 0 Å². The molecule has 0 fully saturated rings. The molecule has 4 N–H and O–H groups in total. The van der Waals surface area contributed by atoms with Gasteiger partial charge >= 0.3 is 5.76 Å². The molecule has 1 aromatic carbocycles. The number of rotatable bonds is 2. The Hall–Kier alpha value is -3.10. The summed E-state index contributed by atoms with van der Waals surface area (Å²) in [5, 5.41) is 7.56.